The van der Waals surface area contributed by atoms with Crippen LogP contribution in [0.15, 0.2) is 30.3 Å². The van der Waals surface area contributed by atoms with Crippen molar-refractivity contribution in [2.45, 2.75) is 6.04 Å². The molecule has 2 amide bonds. The monoisotopic (exact) mass is 219 g/mol. The highest BCUT2D eigenvalue weighted by Crippen LogP contribution is 2.05. The molecule has 0 saturated carbocycles. The van der Waals surface area contributed by atoms with Crippen LogP contribution < -0.4 is 16.0 Å². The molecule has 0 radical (unpaired) electrons. The van der Waals surface area contributed by atoms with E-state index in [-0.39, 0.29) is 24.4 Å². The third-order valence-electron chi connectivity index (χ3n) is 2.37. The molecule has 1 atom stereocenters. The summed E-state index contributed by atoms with van der Waals surface area (Å²) in [7, 11) is 0. The SMILES string of the molecule is O=C1CNC(C(=O)Nc2ccccc2)CN1. The highest BCUT2D eigenvalue weighted by molar-refractivity contribution is 5.96. The number of nitrogens with one attached hydrogen (secondary N) is 3. The maximum absolute atomic E-state index is 11.7. The Balaban J connectivity index is 1.91. The summed E-state index contributed by atoms with van der Waals surface area (Å²) in [5, 5.41) is 8.28. The summed E-state index contributed by atoms with van der Waals surface area (Å²) >= 11 is 0. The van der Waals surface area contributed by atoms with Gasteiger partial charge in [0.05, 0.1) is 6.54 Å². The molecule has 2 rings (SSSR count). The van der Waals surface area contributed by atoms with Gasteiger partial charge in [0.15, 0.2) is 0 Å². The molecule has 5 nitrogen and oxygen atoms in total. The molecule has 0 bridgehead atoms. The predicted molar refractivity (Wildman–Crippen MR) is 59.9 cm³/mol. The molecule has 1 heterocycles. The lowest BCUT2D eigenvalue weighted by Crippen LogP contribution is -2.56. The number of para-hydroxylation sites is 1. The van der Waals surface area contributed by atoms with Crippen molar-refractivity contribution in [1.29, 1.82) is 0 Å². The second kappa shape index (κ2) is 4.76. The maximum atomic E-state index is 11.7. The van der Waals surface area contributed by atoms with Crippen LogP contribution in [0.5, 0.6) is 0 Å². The lowest BCUT2D eigenvalue weighted by molar-refractivity contribution is -0.124. The van der Waals surface area contributed by atoms with Crippen LogP contribution >= 0.6 is 0 Å². The highest BCUT2D eigenvalue weighted by Gasteiger charge is 2.23. The minimum Gasteiger partial charge on any atom is -0.353 e. The van der Waals surface area contributed by atoms with E-state index in [0.717, 1.165) is 5.69 Å². The number of hydrogen-bond donors (Lipinski definition) is 3. The van der Waals surface area contributed by atoms with E-state index >= 15 is 0 Å². The molecule has 0 spiro atoms. The number of hydrogen-bond acceptors (Lipinski definition) is 3. The van der Waals surface area contributed by atoms with Crippen LogP contribution in [0.3, 0.4) is 0 Å². The first-order chi connectivity index (χ1) is 7.75. The average molecular weight is 219 g/mol. The average Bonchev–Trinajstić information content (AvgIpc) is 2.31. The zero-order valence-corrected chi connectivity index (χ0v) is 8.69. The summed E-state index contributed by atoms with van der Waals surface area (Å²) in [6.07, 6.45) is 0. The van der Waals surface area contributed by atoms with Gasteiger partial charge in [-0.15, -0.1) is 0 Å². The highest BCUT2D eigenvalue weighted by atomic mass is 16.2. The Hall–Kier alpha value is -1.88. The van der Waals surface area contributed by atoms with Gasteiger partial charge in [-0.1, -0.05) is 18.2 Å². The Labute approximate surface area is 93.2 Å². The molecule has 0 aromatic heterocycles. The molecule has 0 aliphatic carbocycles. The Bertz CT molecular complexity index is 381. The zero-order chi connectivity index (χ0) is 11.4. The van der Waals surface area contributed by atoms with Gasteiger partial charge in [-0.2, -0.15) is 0 Å². The zero-order valence-electron chi connectivity index (χ0n) is 8.69. The number of carbonyl (C=O) groups is 2. The second-order valence-electron chi connectivity index (χ2n) is 3.59. The lowest BCUT2D eigenvalue weighted by Gasteiger charge is -2.23. The minimum atomic E-state index is -0.363. The van der Waals surface area contributed by atoms with E-state index < -0.39 is 0 Å². The summed E-state index contributed by atoms with van der Waals surface area (Å²) in [6, 6.07) is 8.86. The Morgan fingerprint density at radius 1 is 1.31 bits per heavy atom. The van der Waals surface area contributed by atoms with Crippen molar-refractivity contribution in [3.05, 3.63) is 30.3 Å². The first-order valence-corrected chi connectivity index (χ1v) is 5.12. The third-order valence-corrected chi connectivity index (χ3v) is 2.37. The number of anilines is 1. The molecule has 1 unspecified atom stereocenters. The van der Waals surface area contributed by atoms with Crippen LogP contribution in [-0.4, -0.2) is 30.9 Å². The lowest BCUT2D eigenvalue weighted by atomic mass is 10.2. The van der Waals surface area contributed by atoms with E-state index in [0.29, 0.717) is 6.54 Å². The molecule has 84 valence electrons. The molecule has 1 aliphatic heterocycles. The van der Waals surface area contributed by atoms with Gasteiger partial charge in [0.1, 0.15) is 6.04 Å². The number of carbonyl (C=O) groups excluding carboxylic acids is 2. The van der Waals surface area contributed by atoms with Gasteiger partial charge < -0.3 is 10.6 Å². The molecule has 16 heavy (non-hydrogen) atoms. The molecule has 1 aromatic carbocycles. The summed E-state index contributed by atoms with van der Waals surface area (Å²) in [5.74, 6) is -0.213. The smallest absolute Gasteiger partial charge is 0.243 e. The van der Waals surface area contributed by atoms with Gasteiger partial charge in [0.25, 0.3) is 0 Å². The summed E-state index contributed by atoms with van der Waals surface area (Å²) < 4.78 is 0. The predicted octanol–water partition coefficient (Wildman–Crippen LogP) is -0.287. The fraction of sp³-hybridized carbons (Fsp3) is 0.273. The van der Waals surface area contributed by atoms with Crippen molar-refractivity contribution in [2.24, 2.45) is 0 Å². The minimum absolute atomic E-state index is 0.0799. The van der Waals surface area contributed by atoms with Crippen molar-refractivity contribution in [3.8, 4) is 0 Å². The largest absolute Gasteiger partial charge is 0.353 e. The Kier molecular flexibility index (Phi) is 3.16. The van der Waals surface area contributed by atoms with Gasteiger partial charge in [0.2, 0.25) is 11.8 Å². The summed E-state index contributed by atoms with van der Waals surface area (Å²) in [5.41, 5.74) is 0.756. The number of rotatable bonds is 2. The molecule has 1 fully saturated rings. The van der Waals surface area contributed by atoms with Crippen molar-refractivity contribution in [2.75, 3.05) is 18.4 Å². The molecule has 1 saturated heterocycles. The van der Waals surface area contributed by atoms with E-state index in [1.807, 2.05) is 30.3 Å². The van der Waals surface area contributed by atoms with Crippen molar-refractivity contribution in [1.82, 2.24) is 10.6 Å². The van der Waals surface area contributed by atoms with Crippen LogP contribution in [0.4, 0.5) is 5.69 Å². The molecule has 1 aromatic rings. The summed E-state index contributed by atoms with van der Waals surface area (Å²) in [4.78, 5) is 22.6. The molecule has 5 heteroatoms. The standard InChI is InChI=1S/C11H13N3O2/c15-10-7-12-9(6-13-10)11(16)14-8-4-2-1-3-5-8/h1-5,9,12H,6-7H2,(H,13,15)(H,14,16). The topological polar surface area (TPSA) is 70.2 Å². The summed E-state index contributed by atoms with van der Waals surface area (Å²) in [6.45, 7) is 0.518. The van der Waals surface area contributed by atoms with Crippen molar-refractivity contribution >= 4 is 17.5 Å². The third kappa shape index (κ3) is 2.58. The quantitative estimate of drug-likeness (QED) is 0.640. The first kappa shape index (κ1) is 10.6. The number of benzene rings is 1. The first-order valence-electron chi connectivity index (χ1n) is 5.12. The fourth-order valence-electron chi connectivity index (χ4n) is 1.50. The van der Waals surface area contributed by atoms with E-state index in [1.54, 1.807) is 0 Å². The number of piperazine rings is 1. The van der Waals surface area contributed by atoms with Gasteiger partial charge in [-0.05, 0) is 12.1 Å². The van der Waals surface area contributed by atoms with E-state index in [2.05, 4.69) is 16.0 Å². The van der Waals surface area contributed by atoms with Crippen molar-refractivity contribution < 1.29 is 9.59 Å². The van der Waals surface area contributed by atoms with Crippen LogP contribution in [0.25, 0.3) is 0 Å². The van der Waals surface area contributed by atoms with Gasteiger partial charge in [-0.3, -0.25) is 14.9 Å². The van der Waals surface area contributed by atoms with Gasteiger partial charge in [0, 0.05) is 12.2 Å². The van der Waals surface area contributed by atoms with E-state index in [4.69, 9.17) is 0 Å². The fourth-order valence-corrected chi connectivity index (χ4v) is 1.50. The molecular weight excluding hydrogens is 206 g/mol. The van der Waals surface area contributed by atoms with Gasteiger partial charge >= 0.3 is 0 Å². The van der Waals surface area contributed by atoms with Crippen LogP contribution in [-0.2, 0) is 9.59 Å². The Morgan fingerprint density at radius 2 is 2.06 bits per heavy atom. The van der Waals surface area contributed by atoms with Crippen LogP contribution in [0.1, 0.15) is 0 Å². The normalized spacial score (nSPS) is 20.0. The molecule has 1 aliphatic rings. The molecular formula is C11H13N3O2. The Morgan fingerprint density at radius 3 is 2.69 bits per heavy atom. The number of amides is 2. The molecule has 3 N–H and O–H groups in total. The van der Waals surface area contributed by atoms with Crippen molar-refractivity contribution in [3.63, 3.8) is 0 Å². The van der Waals surface area contributed by atoms with Crippen LogP contribution in [0, 0.1) is 0 Å². The van der Waals surface area contributed by atoms with E-state index in [9.17, 15) is 9.59 Å². The van der Waals surface area contributed by atoms with Gasteiger partial charge in [-0.25, -0.2) is 0 Å². The maximum Gasteiger partial charge on any atom is 0.243 e. The van der Waals surface area contributed by atoms with E-state index in [1.165, 1.54) is 0 Å². The van der Waals surface area contributed by atoms with Crippen LogP contribution in [0.2, 0.25) is 0 Å². The second-order valence-corrected chi connectivity index (χ2v) is 3.59.